The molecule has 2 heteroatoms. The molecule has 8 aromatic rings. The minimum atomic E-state index is 1.13. The Hall–Kier alpha value is -5.86. The van der Waals surface area contributed by atoms with Gasteiger partial charge in [-0.3, -0.25) is 0 Å². The molecule has 0 N–H and O–H groups in total. The van der Waals surface area contributed by atoms with Crippen molar-refractivity contribution in [1.82, 2.24) is 4.57 Å². The molecule has 0 fully saturated rings. The maximum atomic E-state index is 2.40. The van der Waals surface area contributed by atoms with Crippen LogP contribution in [0.15, 0.2) is 170 Å². The van der Waals surface area contributed by atoms with E-state index in [4.69, 9.17) is 0 Å². The third kappa shape index (κ3) is 5.04. The van der Waals surface area contributed by atoms with E-state index < -0.39 is 0 Å². The van der Waals surface area contributed by atoms with Gasteiger partial charge in [0.05, 0.1) is 11.0 Å². The molecule has 8 rings (SSSR count). The van der Waals surface area contributed by atoms with Crippen molar-refractivity contribution in [2.24, 2.45) is 0 Å². The van der Waals surface area contributed by atoms with Gasteiger partial charge in [-0.2, -0.15) is 0 Å². The summed E-state index contributed by atoms with van der Waals surface area (Å²) in [6.07, 6.45) is 0. The summed E-state index contributed by atoms with van der Waals surface area (Å²) in [6, 6.07) is 61.5. The van der Waals surface area contributed by atoms with Crippen molar-refractivity contribution in [3.8, 4) is 27.9 Å². The largest absolute Gasteiger partial charge is 0.310 e. The normalized spacial score (nSPS) is 11.3. The SMILES string of the molecule is Cc1ccc(N(c2ccc(C)cc2)c2ccc3c(c2)c2ccccc2n3-c2cccc(-c3ccc(-c4ccccc4)cc3)c2)cc1. The average molecular weight is 591 g/mol. The number of hydrogen-bond acceptors (Lipinski definition) is 1. The van der Waals surface area contributed by atoms with Gasteiger partial charge in [-0.25, -0.2) is 0 Å². The van der Waals surface area contributed by atoms with Crippen LogP contribution in [0.3, 0.4) is 0 Å². The fourth-order valence-electron chi connectivity index (χ4n) is 6.52. The molecule has 0 spiro atoms. The Morgan fingerprint density at radius 3 is 1.57 bits per heavy atom. The first-order valence-electron chi connectivity index (χ1n) is 15.9. The monoisotopic (exact) mass is 590 g/mol. The van der Waals surface area contributed by atoms with Gasteiger partial charge in [0, 0.05) is 33.5 Å². The van der Waals surface area contributed by atoms with Crippen molar-refractivity contribution >= 4 is 38.9 Å². The van der Waals surface area contributed by atoms with E-state index in [0.29, 0.717) is 0 Å². The maximum Gasteiger partial charge on any atom is 0.0542 e. The van der Waals surface area contributed by atoms with E-state index in [0.717, 1.165) is 22.7 Å². The number of nitrogens with zero attached hydrogens (tertiary/aromatic N) is 2. The Balaban J connectivity index is 1.25. The molecule has 0 saturated heterocycles. The van der Waals surface area contributed by atoms with E-state index >= 15 is 0 Å². The van der Waals surface area contributed by atoms with Gasteiger partial charge in [-0.05, 0) is 96.8 Å². The second-order valence-corrected chi connectivity index (χ2v) is 12.1. The van der Waals surface area contributed by atoms with Gasteiger partial charge in [0.1, 0.15) is 0 Å². The van der Waals surface area contributed by atoms with E-state index in [1.54, 1.807) is 0 Å². The van der Waals surface area contributed by atoms with E-state index in [1.165, 1.54) is 55.2 Å². The lowest BCUT2D eigenvalue weighted by Crippen LogP contribution is -2.10. The first-order valence-corrected chi connectivity index (χ1v) is 15.9. The second kappa shape index (κ2) is 11.6. The van der Waals surface area contributed by atoms with Crippen LogP contribution < -0.4 is 4.90 Å². The number of rotatable bonds is 6. The minimum Gasteiger partial charge on any atom is -0.310 e. The summed E-state index contributed by atoms with van der Waals surface area (Å²) in [4.78, 5) is 2.35. The lowest BCUT2D eigenvalue weighted by atomic mass is 10.00. The van der Waals surface area contributed by atoms with Crippen LogP contribution in [-0.4, -0.2) is 4.57 Å². The van der Waals surface area contributed by atoms with Gasteiger partial charge in [0.15, 0.2) is 0 Å². The van der Waals surface area contributed by atoms with Crippen molar-refractivity contribution in [3.63, 3.8) is 0 Å². The van der Waals surface area contributed by atoms with Gasteiger partial charge < -0.3 is 9.47 Å². The number of benzene rings is 7. The van der Waals surface area contributed by atoms with Gasteiger partial charge in [0.25, 0.3) is 0 Å². The molecule has 0 radical (unpaired) electrons. The summed E-state index contributed by atoms with van der Waals surface area (Å²) in [6.45, 7) is 4.27. The zero-order chi connectivity index (χ0) is 31.0. The van der Waals surface area contributed by atoms with Crippen LogP contribution in [0.25, 0.3) is 49.7 Å². The zero-order valence-electron chi connectivity index (χ0n) is 26.1. The number of para-hydroxylation sites is 1. The Kier molecular flexibility index (Phi) is 6.96. The molecule has 0 saturated carbocycles. The molecule has 0 unspecified atom stereocenters. The van der Waals surface area contributed by atoms with E-state index in [2.05, 4.69) is 193 Å². The van der Waals surface area contributed by atoms with Crippen LogP contribution in [0, 0.1) is 13.8 Å². The molecule has 0 aliphatic rings. The van der Waals surface area contributed by atoms with Crippen LogP contribution in [0.1, 0.15) is 11.1 Å². The lowest BCUT2D eigenvalue weighted by Gasteiger charge is -2.26. The van der Waals surface area contributed by atoms with E-state index in [-0.39, 0.29) is 0 Å². The average Bonchev–Trinajstić information content (AvgIpc) is 3.44. The predicted molar refractivity (Wildman–Crippen MR) is 196 cm³/mol. The molecular formula is C44H34N2. The van der Waals surface area contributed by atoms with Crippen LogP contribution in [0.5, 0.6) is 0 Å². The molecule has 46 heavy (non-hydrogen) atoms. The topological polar surface area (TPSA) is 8.17 Å². The van der Waals surface area contributed by atoms with E-state index in [9.17, 15) is 0 Å². The Bertz CT molecular complexity index is 2250. The molecule has 0 amide bonds. The Labute approximate surface area is 270 Å². The first kappa shape index (κ1) is 27.7. The third-order valence-corrected chi connectivity index (χ3v) is 8.93. The highest BCUT2D eigenvalue weighted by molar-refractivity contribution is 6.10. The lowest BCUT2D eigenvalue weighted by molar-refractivity contribution is 1.18. The number of hydrogen-bond donors (Lipinski definition) is 0. The highest BCUT2D eigenvalue weighted by atomic mass is 15.1. The Morgan fingerprint density at radius 1 is 0.370 bits per heavy atom. The molecule has 0 aliphatic heterocycles. The third-order valence-electron chi connectivity index (χ3n) is 8.93. The molecule has 7 aromatic carbocycles. The summed E-state index contributed by atoms with van der Waals surface area (Å²) in [7, 11) is 0. The minimum absolute atomic E-state index is 1.13. The van der Waals surface area contributed by atoms with Crippen molar-refractivity contribution in [2.45, 2.75) is 13.8 Å². The molecule has 0 aliphatic carbocycles. The highest BCUT2D eigenvalue weighted by Gasteiger charge is 2.17. The zero-order valence-corrected chi connectivity index (χ0v) is 26.1. The molecule has 0 bridgehead atoms. The van der Waals surface area contributed by atoms with Crippen LogP contribution >= 0.6 is 0 Å². The molecule has 1 aromatic heterocycles. The predicted octanol–water partition coefficient (Wildman–Crippen LogP) is 12.2. The second-order valence-electron chi connectivity index (χ2n) is 12.1. The summed E-state index contributed by atoms with van der Waals surface area (Å²) in [5, 5.41) is 2.47. The van der Waals surface area contributed by atoms with Crippen molar-refractivity contribution in [1.29, 1.82) is 0 Å². The molecule has 1 heterocycles. The molecule has 2 nitrogen and oxygen atoms in total. The van der Waals surface area contributed by atoms with Gasteiger partial charge in [0.2, 0.25) is 0 Å². The smallest absolute Gasteiger partial charge is 0.0542 e. The van der Waals surface area contributed by atoms with Gasteiger partial charge in [-0.15, -0.1) is 0 Å². The van der Waals surface area contributed by atoms with Crippen LogP contribution in [-0.2, 0) is 0 Å². The maximum absolute atomic E-state index is 2.40. The van der Waals surface area contributed by atoms with E-state index in [1.807, 2.05) is 0 Å². The fourth-order valence-corrected chi connectivity index (χ4v) is 6.52. The molecular weight excluding hydrogens is 556 g/mol. The standard InChI is InChI=1S/C44H34N2/c1-31-15-23-37(24-16-31)45(38-25-17-32(2)18-26-38)40-27-28-44-42(30-40)41-13-6-7-14-43(41)46(44)39-12-8-11-36(29-39)35-21-19-34(20-22-35)33-9-4-3-5-10-33/h3-30H,1-2H3. The molecule has 220 valence electrons. The summed E-state index contributed by atoms with van der Waals surface area (Å²) in [5.74, 6) is 0. The van der Waals surface area contributed by atoms with Gasteiger partial charge in [-0.1, -0.05) is 120 Å². The van der Waals surface area contributed by atoms with Crippen molar-refractivity contribution in [3.05, 3.63) is 181 Å². The fraction of sp³-hybridized carbons (Fsp3) is 0.0455. The summed E-state index contributed by atoms with van der Waals surface area (Å²) >= 11 is 0. The number of fused-ring (bicyclic) bond motifs is 3. The van der Waals surface area contributed by atoms with Crippen molar-refractivity contribution in [2.75, 3.05) is 4.90 Å². The summed E-state index contributed by atoms with van der Waals surface area (Å²) < 4.78 is 2.40. The Morgan fingerprint density at radius 2 is 0.891 bits per heavy atom. The summed E-state index contributed by atoms with van der Waals surface area (Å²) in [5.41, 5.74) is 14.3. The number of anilines is 3. The number of aryl methyl sites for hydroxylation is 2. The quantitative estimate of drug-likeness (QED) is 0.187. The van der Waals surface area contributed by atoms with Crippen molar-refractivity contribution < 1.29 is 0 Å². The van der Waals surface area contributed by atoms with Crippen LogP contribution in [0.2, 0.25) is 0 Å². The highest BCUT2D eigenvalue weighted by Crippen LogP contribution is 2.40. The number of aromatic nitrogens is 1. The first-order chi connectivity index (χ1) is 22.6. The van der Waals surface area contributed by atoms with Crippen LogP contribution in [0.4, 0.5) is 17.1 Å². The molecule has 0 atom stereocenters. The van der Waals surface area contributed by atoms with Gasteiger partial charge >= 0.3 is 0 Å².